The van der Waals surface area contributed by atoms with E-state index >= 15 is 0 Å². The van der Waals surface area contributed by atoms with E-state index in [0.29, 0.717) is 0 Å². The van der Waals surface area contributed by atoms with Crippen LogP contribution in [0.15, 0.2) is 36.4 Å². The molecule has 0 bridgehead atoms. The summed E-state index contributed by atoms with van der Waals surface area (Å²) in [6, 6.07) is 12.7. The molecule has 0 aliphatic rings. The van der Waals surface area contributed by atoms with Crippen molar-refractivity contribution in [1.82, 2.24) is 0 Å². The molecule has 2 nitrogen and oxygen atoms in total. The molecule has 4 rings (SSSR count). The summed E-state index contributed by atoms with van der Waals surface area (Å²) >= 11 is 0. The molecule has 4 aromatic rings. The van der Waals surface area contributed by atoms with Crippen LogP contribution in [0.1, 0.15) is 11.1 Å². The van der Waals surface area contributed by atoms with E-state index in [0.717, 1.165) is 22.1 Å². The van der Waals surface area contributed by atoms with Crippen LogP contribution in [-0.4, -0.2) is 0 Å². The number of hydrogen-bond acceptors (Lipinski definition) is 2. The number of anilines is 2. The van der Waals surface area contributed by atoms with Crippen molar-refractivity contribution in [2.24, 2.45) is 0 Å². The van der Waals surface area contributed by atoms with Gasteiger partial charge in [-0.15, -0.1) is 0 Å². The molecular formula is C18H16N2. The predicted molar refractivity (Wildman–Crippen MR) is 88.4 cm³/mol. The molecule has 0 unspecified atom stereocenters. The van der Waals surface area contributed by atoms with Crippen LogP contribution in [0, 0.1) is 13.8 Å². The van der Waals surface area contributed by atoms with Gasteiger partial charge in [0.1, 0.15) is 0 Å². The highest BCUT2D eigenvalue weighted by Crippen LogP contribution is 2.41. The fourth-order valence-corrected chi connectivity index (χ4v) is 3.41. The average molecular weight is 260 g/mol. The van der Waals surface area contributed by atoms with Crippen molar-refractivity contribution < 1.29 is 0 Å². The van der Waals surface area contributed by atoms with E-state index in [1.807, 2.05) is 0 Å². The fourth-order valence-electron chi connectivity index (χ4n) is 3.41. The van der Waals surface area contributed by atoms with Crippen LogP contribution in [0.5, 0.6) is 0 Å². The Morgan fingerprint density at radius 2 is 0.950 bits per heavy atom. The Kier molecular flexibility index (Phi) is 2.01. The Hall–Kier alpha value is -2.48. The van der Waals surface area contributed by atoms with E-state index in [9.17, 15) is 0 Å². The van der Waals surface area contributed by atoms with Gasteiger partial charge in [-0.25, -0.2) is 0 Å². The summed E-state index contributed by atoms with van der Waals surface area (Å²) in [7, 11) is 0. The first-order chi connectivity index (χ1) is 9.58. The second kappa shape index (κ2) is 3.54. The van der Waals surface area contributed by atoms with Gasteiger partial charge in [-0.3, -0.25) is 0 Å². The summed E-state index contributed by atoms with van der Waals surface area (Å²) in [6.07, 6.45) is 0. The average Bonchev–Trinajstić information content (AvgIpc) is 2.42. The van der Waals surface area contributed by atoms with Gasteiger partial charge >= 0.3 is 0 Å². The normalized spacial score (nSPS) is 11.9. The van der Waals surface area contributed by atoms with Crippen LogP contribution in [0.2, 0.25) is 0 Å². The van der Waals surface area contributed by atoms with Gasteiger partial charge in [0.25, 0.3) is 0 Å². The molecule has 0 spiro atoms. The minimum atomic E-state index is 0.837. The third kappa shape index (κ3) is 1.23. The number of nitrogen functional groups attached to an aromatic ring is 2. The zero-order chi connectivity index (χ0) is 14.0. The largest absolute Gasteiger partial charge is 0.398 e. The number of aryl methyl sites for hydroxylation is 2. The summed E-state index contributed by atoms with van der Waals surface area (Å²) < 4.78 is 0. The van der Waals surface area contributed by atoms with Crippen molar-refractivity contribution in [1.29, 1.82) is 0 Å². The third-order valence-electron chi connectivity index (χ3n) is 4.38. The zero-order valence-electron chi connectivity index (χ0n) is 11.6. The molecule has 0 aliphatic carbocycles. The fraction of sp³-hybridized carbons (Fsp3) is 0.111. The first kappa shape index (κ1) is 11.4. The van der Waals surface area contributed by atoms with Crippen LogP contribution in [0.4, 0.5) is 11.4 Å². The van der Waals surface area contributed by atoms with Gasteiger partial charge in [-0.1, -0.05) is 24.3 Å². The lowest BCUT2D eigenvalue weighted by molar-refractivity contribution is 1.52. The zero-order valence-corrected chi connectivity index (χ0v) is 11.6. The topological polar surface area (TPSA) is 52.0 Å². The quantitative estimate of drug-likeness (QED) is 0.364. The number of nitrogens with two attached hydrogens (primary N) is 2. The summed E-state index contributed by atoms with van der Waals surface area (Å²) in [4.78, 5) is 0. The van der Waals surface area contributed by atoms with Crippen molar-refractivity contribution in [3.8, 4) is 0 Å². The Morgan fingerprint density at radius 1 is 0.600 bits per heavy atom. The Morgan fingerprint density at radius 3 is 1.35 bits per heavy atom. The van der Waals surface area contributed by atoms with E-state index in [2.05, 4.69) is 50.2 Å². The molecule has 4 aromatic carbocycles. The van der Waals surface area contributed by atoms with Crippen LogP contribution >= 0.6 is 0 Å². The van der Waals surface area contributed by atoms with E-state index in [1.165, 1.54) is 32.7 Å². The lowest BCUT2D eigenvalue weighted by atomic mass is 9.89. The third-order valence-corrected chi connectivity index (χ3v) is 4.38. The molecule has 0 aromatic heterocycles. The molecule has 4 N–H and O–H groups in total. The molecule has 0 amide bonds. The molecule has 20 heavy (non-hydrogen) atoms. The lowest BCUT2D eigenvalue weighted by Gasteiger charge is -2.16. The number of benzene rings is 4. The minimum absolute atomic E-state index is 0.837. The van der Waals surface area contributed by atoms with Crippen molar-refractivity contribution in [3.05, 3.63) is 47.5 Å². The lowest BCUT2D eigenvalue weighted by Crippen LogP contribution is -1.95. The second-order valence-corrected chi connectivity index (χ2v) is 5.64. The van der Waals surface area contributed by atoms with Crippen molar-refractivity contribution >= 4 is 43.7 Å². The van der Waals surface area contributed by atoms with Gasteiger partial charge in [-0.2, -0.15) is 0 Å². The van der Waals surface area contributed by atoms with E-state index < -0.39 is 0 Å². The van der Waals surface area contributed by atoms with E-state index in [1.54, 1.807) is 0 Å². The van der Waals surface area contributed by atoms with Gasteiger partial charge in [0.15, 0.2) is 0 Å². The Labute approximate surface area is 117 Å². The Bertz CT molecular complexity index is 830. The highest BCUT2D eigenvalue weighted by Gasteiger charge is 2.14. The second-order valence-electron chi connectivity index (χ2n) is 5.64. The van der Waals surface area contributed by atoms with Crippen molar-refractivity contribution in [2.75, 3.05) is 11.5 Å². The molecule has 98 valence electrons. The van der Waals surface area contributed by atoms with Crippen molar-refractivity contribution in [3.63, 3.8) is 0 Å². The minimum Gasteiger partial charge on any atom is -0.398 e. The summed E-state index contributed by atoms with van der Waals surface area (Å²) in [5.41, 5.74) is 16.5. The molecule has 0 fully saturated rings. The maximum Gasteiger partial charge on any atom is 0.0397 e. The number of hydrogen-bond donors (Lipinski definition) is 2. The van der Waals surface area contributed by atoms with E-state index in [4.69, 9.17) is 11.5 Å². The van der Waals surface area contributed by atoms with Crippen molar-refractivity contribution in [2.45, 2.75) is 13.8 Å². The molecule has 0 atom stereocenters. The standard InChI is InChI=1S/C18H16N2/c1-9-7-15(19)13-5-6-14-16(20)8-10(2)12-4-3-11(9)17(13)18(12)14/h3-8H,19-20H2,1-2H3. The summed E-state index contributed by atoms with van der Waals surface area (Å²) in [5, 5.41) is 7.25. The van der Waals surface area contributed by atoms with Gasteiger partial charge in [-0.05, 0) is 58.7 Å². The highest BCUT2D eigenvalue weighted by molar-refractivity contribution is 6.28. The first-order valence-corrected chi connectivity index (χ1v) is 6.80. The maximum atomic E-state index is 6.21. The molecule has 0 heterocycles. The Balaban J connectivity index is 2.47. The maximum absolute atomic E-state index is 6.21. The van der Waals surface area contributed by atoms with Gasteiger partial charge in [0.05, 0.1) is 0 Å². The van der Waals surface area contributed by atoms with Gasteiger partial charge < -0.3 is 11.5 Å². The van der Waals surface area contributed by atoms with Gasteiger partial charge in [0, 0.05) is 22.1 Å². The van der Waals surface area contributed by atoms with Crippen LogP contribution < -0.4 is 11.5 Å². The summed E-state index contributed by atoms with van der Waals surface area (Å²) in [5.74, 6) is 0. The number of rotatable bonds is 0. The molecule has 0 aliphatic heterocycles. The first-order valence-electron chi connectivity index (χ1n) is 6.80. The molecule has 0 saturated heterocycles. The SMILES string of the molecule is Cc1cc(N)c2ccc3c(N)cc(C)c4ccc1c2c43. The van der Waals surface area contributed by atoms with Crippen LogP contribution in [0.25, 0.3) is 32.3 Å². The summed E-state index contributed by atoms with van der Waals surface area (Å²) in [6.45, 7) is 4.22. The van der Waals surface area contributed by atoms with E-state index in [-0.39, 0.29) is 0 Å². The predicted octanol–water partition coefficient (Wildman–Crippen LogP) is 4.37. The van der Waals surface area contributed by atoms with Crippen LogP contribution in [0.3, 0.4) is 0 Å². The molecular weight excluding hydrogens is 244 g/mol. The molecule has 2 heteroatoms. The molecule has 0 radical (unpaired) electrons. The van der Waals surface area contributed by atoms with Crippen LogP contribution in [-0.2, 0) is 0 Å². The highest BCUT2D eigenvalue weighted by atomic mass is 14.6. The monoisotopic (exact) mass is 260 g/mol. The smallest absolute Gasteiger partial charge is 0.0397 e. The van der Waals surface area contributed by atoms with Gasteiger partial charge in [0.2, 0.25) is 0 Å². The molecule has 0 saturated carbocycles.